The second-order valence-corrected chi connectivity index (χ2v) is 7.10. The standard InChI is InChI=1S/C22H24O6S/c1-25-19-7-5-8-20(26-2)17(19)12-11-16(23)15-29(24)14-13-18-21(27-3)9-6-10-22(18)28-4/h5-14H,15H2,1-4H3/b12-11-,14-13+. The summed E-state index contributed by atoms with van der Waals surface area (Å²) < 4.78 is 33.5. The van der Waals surface area contributed by atoms with E-state index in [0.29, 0.717) is 34.1 Å². The highest BCUT2D eigenvalue weighted by molar-refractivity contribution is 7.95. The zero-order valence-electron chi connectivity index (χ0n) is 16.8. The van der Waals surface area contributed by atoms with Crippen LogP contribution < -0.4 is 18.9 Å². The third kappa shape index (κ3) is 6.04. The minimum absolute atomic E-state index is 0.151. The number of methoxy groups -OCH3 is 4. The minimum atomic E-state index is -1.50. The molecule has 0 amide bonds. The third-order valence-corrected chi connectivity index (χ3v) is 5.05. The van der Waals surface area contributed by atoms with Crippen LogP contribution in [0.4, 0.5) is 0 Å². The fourth-order valence-electron chi connectivity index (χ4n) is 2.64. The fourth-order valence-corrected chi connectivity index (χ4v) is 3.41. The number of rotatable bonds is 10. The highest BCUT2D eigenvalue weighted by atomic mass is 32.2. The van der Waals surface area contributed by atoms with E-state index in [-0.39, 0.29) is 11.5 Å². The van der Waals surface area contributed by atoms with Gasteiger partial charge in [0.05, 0.1) is 39.6 Å². The van der Waals surface area contributed by atoms with Gasteiger partial charge in [-0.1, -0.05) is 12.1 Å². The van der Waals surface area contributed by atoms with Crippen LogP contribution in [-0.4, -0.2) is 44.5 Å². The predicted octanol–water partition coefficient (Wildman–Crippen LogP) is 3.72. The first-order valence-electron chi connectivity index (χ1n) is 8.72. The van der Waals surface area contributed by atoms with Gasteiger partial charge in [0, 0.05) is 6.08 Å². The molecule has 0 aliphatic rings. The zero-order valence-corrected chi connectivity index (χ0v) is 17.7. The van der Waals surface area contributed by atoms with Crippen molar-refractivity contribution < 1.29 is 28.3 Å². The number of benzene rings is 2. The van der Waals surface area contributed by atoms with Crippen LogP contribution in [0.3, 0.4) is 0 Å². The first-order valence-corrected chi connectivity index (χ1v) is 10.1. The molecule has 2 aromatic carbocycles. The molecule has 2 rings (SSSR count). The molecule has 0 heterocycles. The highest BCUT2D eigenvalue weighted by Crippen LogP contribution is 2.30. The molecule has 1 unspecified atom stereocenters. The maximum Gasteiger partial charge on any atom is 0.205 e. The van der Waals surface area contributed by atoms with Gasteiger partial charge < -0.3 is 23.5 Å². The number of carbonyl (C=O) groups is 1. The van der Waals surface area contributed by atoms with E-state index in [0.717, 1.165) is 0 Å². The quantitative estimate of drug-likeness (QED) is 0.434. The van der Waals surface area contributed by atoms with Crippen LogP contribution in [0.25, 0.3) is 12.2 Å². The molecule has 0 saturated carbocycles. The summed E-state index contributed by atoms with van der Waals surface area (Å²) in [4.78, 5) is 12.2. The van der Waals surface area contributed by atoms with Gasteiger partial charge in [0.2, 0.25) is 5.78 Å². The molecule has 1 atom stereocenters. The Labute approximate surface area is 173 Å². The average molecular weight is 416 g/mol. The summed E-state index contributed by atoms with van der Waals surface area (Å²) in [6, 6.07) is 10.7. The molecule has 2 aromatic rings. The first-order chi connectivity index (χ1) is 14.0. The van der Waals surface area contributed by atoms with Gasteiger partial charge in [0.25, 0.3) is 0 Å². The molecule has 0 aromatic heterocycles. The van der Waals surface area contributed by atoms with Gasteiger partial charge in [-0.2, -0.15) is 0 Å². The molecule has 0 fully saturated rings. The zero-order chi connectivity index (χ0) is 21.2. The third-order valence-electron chi connectivity index (χ3n) is 4.04. The van der Waals surface area contributed by atoms with Crippen molar-refractivity contribution in [3.63, 3.8) is 0 Å². The number of hydrogen-bond acceptors (Lipinski definition) is 6. The largest absolute Gasteiger partial charge is 0.612 e. The maximum absolute atomic E-state index is 12.3. The van der Waals surface area contributed by atoms with Gasteiger partial charge in [0.15, 0.2) is 5.75 Å². The molecule has 0 bridgehead atoms. The van der Waals surface area contributed by atoms with Crippen LogP contribution in [-0.2, 0) is 16.0 Å². The molecular weight excluding hydrogens is 392 g/mol. The van der Waals surface area contributed by atoms with E-state index in [1.807, 2.05) is 0 Å². The van der Waals surface area contributed by atoms with Crippen molar-refractivity contribution in [3.8, 4) is 23.0 Å². The van der Waals surface area contributed by atoms with E-state index in [1.165, 1.54) is 11.5 Å². The van der Waals surface area contributed by atoms with Crippen LogP contribution in [0.5, 0.6) is 23.0 Å². The summed E-state index contributed by atoms with van der Waals surface area (Å²) in [5.74, 6) is 1.91. The lowest BCUT2D eigenvalue weighted by atomic mass is 10.1. The minimum Gasteiger partial charge on any atom is -0.612 e. The van der Waals surface area contributed by atoms with Crippen LogP contribution >= 0.6 is 0 Å². The van der Waals surface area contributed by atoms with Gasteiger partial charge in [-0.15, -0.1) is 0 Å². The predicted molar refractivity (Wildman–Crippen MR) is 115 cm³/mol. The van der Waals surface area contributed by atoms with Crippen molar-refractivity contribution in [2.75, 3.05) is 34.2 Å². The summed E-state index contributed by atoms with van der Waals surface area (Å²) in [5, 5.41) is 1.45. The van der Waals surface area contributed by atoms with Crippen molar-refractivity contribution in [2.45, 2.75) is 0 Å². The van der Waals surface area contributed by atoms with Crippen molar-refractivity contribution in [1.82, 2.24) is 0 Å². The van der Waals surface area contributed by atoms with Crippen molar-refractivity contribution >= 4 is 29.1 Å². The molecule has 0 N–H and O–H groups in total. The normalized spacial score (nSPS) is 12.2. The molecule has 154 valence electrons. The lowest BCUT2D eigenvalue weighted by molar-refractivity contribution is -0.112. The van der Waals surface area contributed by atoms with Gasteiger partial charge in [-0.05, 0) is 47.6 Å². The average Bonchev–Trinajstić information content (AvgIpc) is 2.75. The Kier molecular flexibility index (Phi) is 8.64. The number of hydrogen-bond donors (Lipinski definition) is 0. The summed E-state index contributed by atoms with van der Waals surface area (Å²) in [7, 11) is 6.17. The number of allylic oxidation sites excluding steroid dienone is 1. The maximum atomic E-state index is 12.3. The van der Waals surface area contributed by atoms with E-state index < -0.39 is 11.2 Å². The van der Waals surface area contributed by atoms with E-state index in [9.17, 15) is 9.35 Å². The molecule has 29 heavy (non-hydrogen) atoms. The molecule has 7 heteroatoms. The van der Waals surface area contributed by atoms with E-state index >= 15 is 0 Å². The Morgan fingerprint density at radius 3 is 1.66 bits per heavy atom. The Balaban J connectivity index is 2.09. The SMILES string of the molecule is COc1cccc(OC)c1/C=C\C(=O)C[S+]([O-])/C=C/c1c(OC)cccc1OC. The molecule has 0 radical (unpaired) electrons. The number of ketones is 1. The number of ether oxygens (including phenoxy) is 4. The second kappa shape index (κ2) is 11.2. The van der Waals surface area contributed by atoms with Gasteiger partial charge in [-0.25, -0.2) is 0 Å². The molecule has 0 aliphatic carbocycles. The van der Waals surface area contributed by atoms with E-state index in [2.05, 4.69) is 0 Å². The molecule has 6 nitrogen and oxygen atoms in total. The Bertz CT molecular complexity index is 846. The monoisotopic (exact) mass is 416 g/mol. The van der Waals surface area contributed by atoms with Crippen LogP contribution in [0.1, 0.15) is 11.1 Å². The molecule has 0 aliphatic heterocycles. The molecule has 0 spiro atoms. The van der Waals surface area contributed by atoms with Crippen molar-refractivity contribution in [3.05, 3.63) is 59.0 Å². The molecule has 0 saturated heterocycles. The lowest BCUT2D eigenvalue weighted by Crippen LogP contribution is -2.11. The number of carbonyl (C=O) groups excluding carboxylic acids is 1. The Morgan fingerprint density at radius 2 is 1.24 bits per heavy atom. The Morgan fingerprint density at radius 1 is 0.828 bits per heavy atom. The van der Waals surface area contributed by atoms with Crippen LogP contribution in [0.15, 0.2) is 47.9 Å². The van der Waals surface area contributed by atoms with Crippen LogP contribution in [0.2, 0.25) is 0 Å². The second-order valence-electron chi connectivity index (χ2n) is 5.78. The smallest absolute Gasteiger partial charge is 0.205 e. The highest BCUT2D eigenvalue weighted by Gasteiger charge is 2.12. The van der Waals surface area contributed by atoms with Crippen molar-refractivity contribution in [2.24, 2.45) is 0 Å². The Hall–Kier alpha value is -2.90. The lowest BCUT2D eigenvalue weighted by Gasteiger charge is -2.10. The van der Waals surface area contributed by atoms with E-state index in [4.69, 9.17) is 18.9 Å². The topological polar surface area (TPSA) is 77.1 Å². The van der Waals surface area contributed by atoms with Crippen LogP contribution in [0, 0.1) is 0 Å². The van der Waals surface area contributed by atoms with Gasteiger partial charge >= 0.3 is 0 Å². The fraction of sp³-hybridized carbons (Fsp3) is 0.227. The van der Waals surface area contributed by atoms with Crippen molar-refractivity contribution in [1.29, 1.82) is 0 Å². The molecular formula is C22H24O6S. The van der Waals surface area contributed by atoms with E-state index in [1.54, 1.807) is 77.0 Å². The first kappa shape index (κ1) is 22.4. The van der Waals surface area contributed by atoms with Gasteiger partial charge in [0.1, 0.15) is 28.4 Å². The summed E-state index contributed by atoms with van der Waals surface area (Å²) >= 11 is -1.50. The summed E-state index contributed by atoms with van der Waals surface area (Å²) in [6.07, 6.45) is 4.61. The van der Waals surface area contributed by atoms with Gasteiger partial charge in [-0.3, -0.25) is 4.79 Å². The summed E-state index contributed by atoms with van der Waals surface area (Å²) in [6.45, 7) is 0. The summed E-state index contributed by atoms with van der Waals surface area (Å²) in [5.41, 5.74) is 1.30.